The summed E-state index contributed by atoms with van der Waals surface area (Å²) in [4.78, 5) is 11.4. The zero-order valence-corrected chi connectivity index (χ0v) is 9.36. The minimum absolute atomic E-state index is 0.244. The van der Waals surface area contributed by atoms with Crippen molar-refractivity contribution in [1.29, 1.82) is 5.26 Å². The van der Waals surface area contributed by atoms with Gasteiger partial charge in [0.05, 0.1) is 24.7 Å². The van der Waals surface area contributed by atoms with E-state index in [1.807, 2.05) is 6.92 Å². The third-order valence-electron chi connectivity index (χ3n) is 2.37. The second-order valence-electron chi connectivity index (χ2n) is 3.47. The number of carbonyl (C=O) groups excluding carboxylic acids is 1. The summed E-state index contributed by atoms with van der Waals surface area (Å²) in [6, 6.07) is 7.08. The summed E-state index contributed by atoms with van der Waals surface area (Å²) in [5.74, 6) is -0.687. The number of nitrogen functional groups attached to an aromatic ring is 1. The molecule has 1 aromatic rings. The maximum absolute atomic E-state index is 11.4. The molecular weight excluding hydrogens is 204 g/mol. The maximum atomic E-state index is 11.4. The molecule has 1 aromatic carbocycles. The molecule has 0 heterocycles. The number of hydrogen-bond donors (Lipinski definition) is 1. The molecule has 1 unspecified atom stereocenters. The van der Waals surface area contributed by atoms with Crippen LogP contribution in [0, 0.1) is 11.3 Å². The van der Waals surface area contributed by atoms with E-state index in [0.29, 0.717) is 17.7 Å². The monoisotopic (exact) mass is 218 g/mol. The van der Waals surface area contributed by atoms with Gasteiger partial charge in [0.1, 0.15) is 0 Å². The molecule has 4 heteroatoms. The van der Waals surface area contributed by atoms with Crippen LogP contribution >= 0.6 is 0 Å². The van der Waals surface area contributed by atoms with Gasteiger partial charge in [-0.3, -0.25) is 0 Å². The molecule has 4 nitrogen and oxygen atoms in total. The highest BCUT2D eigenvalue weighted by Crippen LogP contribution is 2.23. The van der Waals surface area contributed by atoms with E-state index in [1.54, 1.807) is 18.2 Å². The summed E-state index contributed by atoms with van der Waals surface area (Å²) < 4.78 is 4.62. The van der Waals surface area contributed by atoms with Crippen molar-refractivity contribution in [2.75, 3.05) is 12.8 Å². The van der Waals surface area contributed by atoms with Gasteiger partial charge in [0.15, 0.2) is 0 Å². The number of anilines is 1. The Morgan fingerprint density at radius 1 is 1.56 bits per heavy atom. The molecule has 0 fully saturated rings. The maximum Gasteiger partial charge on any atom is 0.337 e. The Bertz CT molecular complexity index is 435. The Labute approximate surface area is 94.6 Å². The first kappa shape index (κ1) is 12.1. The zero-order chi connectivity index (χ0) is 12.1. The van der Waals surface area contributed by atoms with Crippen molar-refractivity contribution in [2.45, 2.75) is 19.3 Å². The summed E-state index contributed by atoms with van der Waals surface area (Å²) in [5.41, 5.74) is 7.28. The van der Waals surface area contributed by atoms with E-state index in [4.69, 9.17) is 11.0 Å². The number of carbonyl (C=O) groups is 1. The van der Waals surface area contributed by atoms with E-state index in [2.05, 4.69) is 10.8 Å². The van der Waals surface area contributed by atoms with Crippen molar-refractivity contribution in [2.24, 2.45) is 0 Å². The van der Waals surface area contributed by atoms with Gasteiger partial charge in [-0.15, -0.1) is 0 Å². The van der Waals surface area contributed by atoms with Crippen molar-refractivity contribution in [3.63, 3.8) is 0 Å². The number of hydrogen-bond acceptors (Lipinski definition) is 4. The van der Waals surface area contributed by atoms with Crippen molar-refractivity contribution in [3.05, 3.63) is 29.3 Å². The quantitative estimate of drug-likeness (QED) is 0.622. The lowest BCUT2D eigenvalue weighted by atomic mass is 9.95. The van der Waals surface area contributed by atoms with E-state index in [-0.39, 0.29) is 5.92 Å². The molecule has 0 radical (unpaired) electrons. The van der Waals surface area contributed by atoms with E-state index in [0.717, 1.165) is 5.56 Å². The van der Waals surface area contributed by atoms with Crippen LogP contribution in [-0.4, -0.2) is 13.1 Å². The van der Waals surface area contributed by atoms with Gasteiger partial charge in [-0.1, -0.05) is 6.92 Å². The number of methoxy groups -OCH3 is 1. The van der Waals surface area contributed by atoms with Crippen LogP contribution in [0.15, 0.2) is 18.2 Å². The average molecular weight is 218 g/mol. The zero-order valence-electron chi connectivity index (χ0n) is 9.36. The largest absolute Gasteiger partial charge is 0.465 e. The Kier molecular flexibility index (Phi) is 3.90. The predicted octanol–water partition coefficient (Wildman–Crippen LogP) is 2.07. The Morgan fingerprint density at radius 3 is 2.75 bits per heavy atom. The summed E-state index contributed by atoms with van der Waals surface area (Å²) >= 11 is 0. The van der Waals surface area contributed by atoms with E-state index in [1.165, 1.54) is 7.11 Å². The molecule has 84 valence electrons. The van der Waals surface area contributed by atoms with Gasteiger partial charge in [0, 0.05) is 5.69 Å². The molecule has 0 aliphatic rings. The van der Waals surface area contributed by atoms with Gasteiger partial charge in [-0.25, -0.2) is 4.79 Å². The average Bonchev–Trinajstić information content (AvgIpc) is 2.29. The van der Waals surface area contributed by atoms with E-state index < -0.39 is 5.97 Å². The minimum atomic E-state index is -0.443. The van der Waals surface area contributed by atoms with Crippen LogP contribution in [0.5, 0.6) is 0 Å². The third kappa shape index (κ3) is 2.51. The number of nitrogens with two attached hydrogens (primary N) is 1. The van der Waals surface area contributed by atoms with Crippen molar-refractivity contribution in [1.82, 2.24) is 0 Å². The lowest BCUT2D eigenvalue weighted by Crippen LogP contribution is -2.05. The number of rotatable bonds is 3. The van der Waals surface area contributed by atoms with E-state index in [9.17, 15) is 4.79 Å². The van der Waals surface area contributed by atoms with Crippen molar-refractivity contribution in [3.8, 4) is 6.07 Å². The number of ether oxygens (including phenoxy) is 1. The second-order valence-corrected chi connectivity index (χ2v) is 3.47. The normalized spacial score (nSPS) is 11.6. The van der Waals surface area contributed by atoms with Crippen LogP contribution in [0.2, 0.25) is 0 Å². The van der Waals surface area contributed by atoms with Crippen LogP contribution in [0.1, 0.15) is 35.2 Å². The first-order valence-corrected chi connectivity index (χ1v) is 5.00. The molecule has 0 aliphatic heterocycles. The van der Waals surface area contributed by atoms with E-state index >= 15 is 0 Å². The molecule has 16 heavy (non-hydrogen) atoms. The SMILES string of the molecule is CCC(C#N)c1cc(N)cc(C(=O)OC)c1. The molecule has 0 saturated heterocycles. The number of nitrogens with zero attached hydrogens (tertiary/aromatic N) is 1. The summed E-state index contributed by atoms with van der Waals surface area (Å²) in [7, 11) is 1.31. The van der Waals surface area contributed by atoms with Gasteiger partial charge in [0.2, 0.25) is 0 Å². The molecule has 1 rings (SSSR count). The molecule has 0 spiro atoms. The van der Waals surface area contributed by atoms with Gasteiger partial charge in [-0.05, 0) is 30.2 Å². The van der Waals surface area contributed by atoms with Crippen LogP contribution in [-0.2, 0) is 4.74 Å². The lowest BCUT2D eigenvalue weighted by molar-refractivity contribution is 0.0600. The lowest BCUT2D eigenvalue weighted by Gasteiger charge is -2.09. The molecular formula is C12H14N2O2. The van der Waals surface area contributed by atoms with Gasteiger partial charge in [-0.2, -0.15) is 5.26 Å². The molecule has 0 amide bonds. The highest BCUT2D eigenvalue weighted by molar-refractivity contribution is 5.90. The molecule has 0 aliphatic carbocycles. The van der Waals surface area contributed by atoms with Gasteiger partial charge < -0.3 is 10.5 Å². The van der Waals surface area contributed by atoms with Crippen LogP contribution < -0.4 is 5.73 Å². The Balaban J connectivity index is 3.18. The van der Waals surface area contributed by atoms with Crippen LogP contribution in [0.4, 0.5) is 5.69 Å². The number of esters is 1. The van der Waals surface area contributed by atoms with Crippen LogP contribution in [0.3, 0.4) is 0 Å². The molecule has 2 N–H and O–H groups in total. The summed E-state index contributed by atoms with van der Waals surface area (Å²) in [6.07, 6.45) is 0.681. The summed E-state index contributed by atoms with van der Waals surface area (Å²) in [5, 5.41) is 8.95. The standard InChI is InChI=1S/C12H14N2O2/c1-3-8(7-13)9-4-10(12(15)16-2)6-11(14)5-9/h4-6,8H,3,14H2,1-2H3. The number of benzene rings is 1. The second kappa shape index (κ2) is 5.17. The highest BCUT2D eigenvalue weighted by atomic mass is 16.5. The molecule has 0 saturated carbocycles. The topological polar surface area (TPSA) is 76.1 Å². The fourth-order valence-corrected chi connectivity index (χ4v) is 1.51. The smallest absolute Gasteiger partial charge is 0.337 e. The molecule has 0 bridgehead atoms. The first-order valence-electron chi connectivity index (χ1n) is 5.00. The first-order chi connectivity index (χ1) is 7.62. The predicted molar refractivity (Wildman–Crippen MR) is 60.8 cm³/mol. The van der Waals surface area contributed by atoms with Gasteiger partial charge in [0.25, 0.3) is 0 Å². The minimum Gasteiger partial charge on any atom is -0.465 e. The van der Waals surface area contributed by atoms with Gasteiger partial charge >= 0.3 is 5.97 Å². The van der Waals surface area contributed by atoms with Crippen LogP contribution in [0.25, 0.3) is 0 Å². The highest BCUT2D eigenvalue weighted by Gasteiger charge is 2.13. The summed E-state index contributed by atoms with van der Waals surface area (Å²) in [6.45, 7) is 1.91. The third-order valence-corrected chi connectivity index (χ3v) is 2.37. The Morgan fingerprint density at radius 2 is 2.25 bits per heavy atom. The molecule has 0 aromatic heterocycles. The van der Waals surface area contributed by atoms with Crippen molar-refractivity contribution >= 4 is 11.7 Å². The fourth-order valence-electron chi connectivity index (χ4n) is 1.51. The van der Waals surface area contributed by atoms with Crippen molar-refractivity contribution < 1.29 is 9.53 Å². The molecule has 1 atom stereocenters. The number of nitriles is 1. The fraction of sp³-hybridized carbons (Fsp3) is 0.333. The Hall–Kier alpha value is -2.02.